The predicted octanol–water partition coefficient (Wildman–Crippen LogP) is 5.32. The van der Waals surface area contributed by atoms with E-state index in [1.807, 2.05) is 0 Å². The Labute approximate surface area is 188 Å². The fraction of sp³-hybridized carbons (Fsp3) is 0. The molecule has 160 valence electrons. The van der Waals surface area contributed by atoms with Crippen LogP contribution < -0.4 is 4.72 Å². The summed E-state index contributed by atoms with van der Waals surface area (Å²) >= 11 is 5.85. The van der Waals surface area contributed by atoms with Crippen LogP contribution >= 0.6 is 11.6 Å². The molecule has 4 rings (SSSR count). The molecule has 0 aliphatic rings. The number of phenols is 1. The molecule has 3 aromatic carbocycles. The number of fused-ring (bicyclic) bond motifs is 1. The number of aromatic nitrogens is 1. The molecule has 0 saturated heterocycles. The molecular formula is C22H15ClN4O4S. The van der Waals surface area contributed by atoms with Gasteiger partial charge in [-0.15, -0.1) is 10.2 Å². The third kappa shape index (κ3) is 4.43. The Bertz CT molecular complexity index is 1440. The van der Waals surface area contributed by atoms with E-state index < -0.39 is 15.9 Å². The van der Waals surface area contributed by atoms with Crippen molar-refractivity contribution < 1.29 is 18.3 Å². The van der Waals surface area contributed by atoms with Crippen molar-refractivity contribution in [1.29, 1.82) is 0 Å². The van der Waals surface area contributed by atoms with E-state index in [4.69, 9.17) is 11.6 Å². The smallest absolute Gasteiger partial charge is 0.313 e. The third-order valence-corrected chi connectivity index (χ3v) is 6.13. The van der Waals surface area contributed by atoms with Crippen molar-refractivity contribution in [2.24, 2.45) is 10.2 Å². The fourth-order valence-electron chi connectivity index (χ4n) is 2.96. The first-order valence-corrected chi connectivity index (χ1v) is 11.1. The topological polar surface area (TPSA) is 121 Å². The minimum absolute atomic E-state index is 0.00700. The second kappa shape index (κ2) is 8.74. The zero-order chi connectivity index (χ0) is 22.7. The zero-order valence-electron chi connectivity index (χ0n) is 16.3. The van der Waals surface area contributed by atoms with Gasteiger partial charge in [-0.3, -0.25) is 14.5 Å². The van der Waals surface area contributed by atoms with Crippen molar-refractivity contribution in [1.82, 2.24) is 4.98 Å². The first-order chi connectivity index (χ1) is 15.3. The van der Waals surface area contributed by atoms with Crippen molar-refractivity contribution in [2.45, 2.75) is 4.90 Å². The van der Waals surface area contributed by atoms with Crippen LogP contribution in [0.25, 0.3) is 10.8 Å². The number of hydrogen-bond donors (Lipinski definition) is 2. The number of nitrogens with one attached hydrogen (secondary N) is 1. The maximum Gasteiger partial charge on any atom is 0.313 e. The number of aromatic hydroxyl groups is 1. The van der Waals surface area contributed by atoms with Crippen LogP contribution in [0.3, 0.4) is 0 Å². The maximum absolute atomic E-state index is 12.9. The van der Waals surface area contributed by atoms with Gasteiger partial charge in [0.2, 0.25) is 0 Å². The summed E-state index contributed by atoms with van der Waals surface area (Å²) in [4.78, 5) is 16.1. The molecule has 4 aromatic rings. The molecule has 0 unspecified atom stereocenters. The number of nitrogens with zero attached hydrogens (tertiary/aromatic N) is 3. The number of sulfonamides is 1. The SMILES string of the molecule is O=C(N=Nc1cc(NS(=O)(=O)c2ccc(Cl)cc2)c2ccccc2c1O)c1ccccn1. The maximum atomic E-state index is 12.9. The highest BCUT2D eigenvalue weighted by Crippen LogP contribution is 2.40. The Hall–Kier alpha value is -3.82. The summed E-state index contributed by atoms with van der Waals surface area (Å²) in [5.41, 5.74) is 0.162. The number of amides is 1. The summed E-state index contributed by atoms with van der Waals surface area (Å²) < 4.78 is 28.2. The Morgan fingerprint density at radius 3 is 2.34 bits per heavy atom. The van der Waals surface area contributed by atoms with Crippen molar-refractivity contribution in [2.75, 3.05) is 4.72 Å². The predicted molar refractivity (Wildman–Crippen MR) is 121 cm³/mol. The molecule has 0 bridgehead atoms. The van der Waals surface area contributed by atoms with Crippen molar-refractivity contribution in [3.05, 3.63) is 89.7 Å². The van der Waals surface area contributed by atoms with Crippen LogP contribution in [0, 0.1) is 0 Å². The largest absolute Gasteiger partial charge is 0.505 e. The van der Waals surface area contributed by atoms with Gasteiger partial charge >= 0.3 is 5.91 Å². The summed E-state index contributed by atoms with van der Waals surface area (Å²) in [5, 5.41) is 19.3. The zero-order valence-corrected chi connectivity index (χ0v) is 17.9. The number of halogens is 1. The fourth-order valence-corrected chi connectivity index (χ4v) is 4.16. The van der Waals surface area contributed by atoms with Crippen LogP contribution in [0.2, 0.25) is 5.02 Å². The molecular weight excluding hydrogens is 452 g/mol. The molecule has 1 amide bonds. The van der Waals surface area contributed by atoms with Gasteiger partial charge < -0.3 is 5.11 Å². The molecule has 0 aliphatic carbocycles. The van der Waals surface area contributed by atoms with Crippen molar-refractivity contribution in [3.8, 4) is 5.75 Å². The van der Waals surface area contributed by atoms with Crippen molar-refractivity contribution in [3.63, 3.8) is 0 Å². The van der Waals surface area contributed by atoms with Gasteiger partial charge in [-0.05, 0) is 42.5 Å². The second-order valence-corrected chi connectivity index (χ2v) is 8.74. The van der Waals surface area contributed by atoms with E-state index >= 15 is 0 Å². The lowest BCUT2D eigenvalue weighted by molar-refractivity contribution is 0.0990. The van der Waals surface area contributed by atoms with E-state index in [1.165, 1.54) is 42.6 Å². The van der Waals surface area contributed by atoms with Gasteiger partial charge in [-0.2, -0.15) is 0 Å². The van der Waals surface area contributed by atoms with E-state index in [-0.39, 0.29) is 27.7 Å². The number of phenolic OH excluding ortho intramolecular Hbond substituents is 1. The summed E-state index contributed by atoms with van der Waals surface area (Å²) in [7, 11) is -3.96. The van der Waals surface area contributed by atoms with Crippen LogP contribution in [0.1, 0.15) is 10.5 Å². The lowest BCUT2D eigenvalue weighted by atomic mass is 10.1. The molecule has 8 nitrogen and oxygen atoms in total. The quantitative estimate of drug-likeness (QED) is 0.304. The highest BCUT2D eigenvalue weighted by atomic mass is 35.5. The summed E-state index contributed by atoms with van der Waals surface area (Å²) in [6, 6.07) is 18.4. The lowest BCUT2D eigenvalue weighted by Gasteiger charge is -2.13. The minimum Gasteiger partial charge on any atom is -0.505 e. The normalized spacial score (nSPS) is 11.7. The molecule has 0 fully saturated rings. The molecule has 1 aromatic heterocycles. The van der Waals surface area contributed by atoms with Gasteiger partial charge in [-0.25, -0.2) is 8.42 Å². The highest BCUT2D eigenvalue weighted by Gasteiger charge is 2.19. The van der Waals surface area contributed by atoms with E-state index in [0.717, 1.165) is 0 Å². The molecule has 0 saturated carbocycles. The average Bonchev–Trinajstić information content (AvgIpc) is 2.80. The molecule has 32 heavy (non-hydrogen) atoms. The number of rotatable bonds is 5. The third-order valence-electron chi connectivity index (χ3n) is 4.50. The highest BCUT2D eigenvalue weighted by molar-refractivity contribution is 7.92. The molecule has 0 spiro atoms. The van der Waals surface area contributed by atoms with E-state index in [1.54, 1.807) is 36.4 Å². The number of carbonyl (C=O) groups excluding carboxylic acids is 1. The lowest BCUT2D eigenvalue weighted by Crippen LogP contribution is -2.13. The van der Waals surface area contributed by atoms with E-state index in [2.05, 4.69) is 19.9 Å². The number of hydrogen-bond acceptors (Lipinski definition) is 6. The molecule has 0 atom stereocenters. The molecule has 1 heterocycles. The Kier molecular flexibility index (Phi) is 5.85. The summed E-state index contributed by atoms with van der Waals surface area (Å²) in [6.07, 6.45) is 1.44. The number of azo groups is 1. The van der Waals surface area contributed by atoms with Gasteiger partial charge in [0.25, 0.3) is 10.0 Å². The van der Waals surface area contributed by atoms with Crippen molar-refractivity contribution >= 4 is 49.7 Å². The van der Waals surface area contributed by atoms with E-state index in [0.29, 0.717) is 15.8 Å². The van der Waals surface area contributed by atoms with Crippen LogP contribution in [0.4, 0.5) is 11.4 Å². The molecule has 10 heteroatoms. The number of benzene rings is 3. The second-order valence-electron chi connectivity index (χ2n) is 6.62. The first kappa shape index (κ1) is 21.4. The monoisotopic (exact) mass is 466 g/mol. The van der Waals surface area contributed by atoms with Crippen LogP contribution in [0.5, 0.6) is 5.75 Å². The van der Waals surface area contributed by atoms with E-state index in [9.17, 15) is 18.3 Å². The average molecular weight is 467 g/mol. The molecule has 2 N–H and O–H groups in total. The Balaban J connectivity index is 1.76. The van der Waals surface area contributed by atoms with Gasteiger partial charge in [0.1, 0.15) is 11.4 Å². The Morgan fingerprint density at radius 2 is 1.66 bits per heavy atom. The standard InChI is InChI=1S/C22H15ClN4O4S/c23-14-8-10-15(11-9-14)32(30,31)27-19-13-20(21(28)17-6-2-1-5-16(17)19)25-26-22(29)18-7-3-4-12-24-18/h1-13,27-28H. The molecule has 0 aliphatic heterocycles. The first-order valence-electron chi connectivity index (χ1n) is 9.25. The van der Waals surface area contributed by atoms with Crippen LogP contribution in [-0.4, -0.2) is 24.4 Å². The van der Waals surface area contributed by atoms with Gasteiger partial charge in [0.05, 0.1) is 10.6 Å². The number of anilines is 1. The molecule has 0 radical (unpaired) electrons. The summed E-state index contributed by atoms with van der Waals surface area (Å²) in [6.45, 7) is 0. The van der Waals surface area contributed by atoms with Crippen LogP contribution in [-0.2, 0) is 10.0 Å². The van der Waals surface area contributed by atoms with Crippen LogP contribution in [0.15, 0.2) is 94.1 Å². The van der Waals surface area contributed by atoms with Gasteiger partial charge in [0, 0.05) is 22.0 Å². The number of carbonyl (C=O) groups is 1. The Morgan fingerprint density at radius 1 is 0.969 bits per heavy atom. The van der Waals surface area contributed by atoms with Gasteiger partial charge in [0.15, 0.2) is 5.75 Å². The summed E-state index contributed by atoms with van der Waals surface area (Å²) in [5.74, 6) is -0.950. The van der Waals surface area contributed by atoms with Gasteiger partial charge in [-0.1, -0.05) is 41.9 Å². The minimum atomic E-state index is -3.96. The number of pyridine rings is 1.